The lowest BCUT2D eigenvalue weighted by molar-refractivity contribution is 0.183. The van der Waals surface area contributed by atoms with Crippen LogP contribution in [-0.2, 0) is 11.3 Å². The standard InChI is InChI=1S/C20H20BrFN2O3S/c1-26-11-9-24-19(25)17-13-14(21)3-8-18(17)23-20(24)28-12-2-10-27-16-6-4-15(22)5-7-16/h3-8,13H,2,9-12H2,1H3. The van der Waals surface area contributed by atoms with Crippen molar-refractivity contribution in [3.05, 3.63) is 63.1 Å². The van der Waals surface area contributed by atoms with Crippen LogP contribution < -0.4 is 10.3 Å². The minimum Gasteiger partial charge on any atom is -0.494 e. The molecule has 0 saturated heterocycles. The van der Waals surface area contributed by atoms with Crippen LogP contribution in [0, 0.1) is 5.82 Å². The van der Waals surface area contributed by atoms with Crippen LogP contribution in [0.3, 0.4) is 0 Å². The quantitative estimate of drug-likeness (QED) is 0.264. The molecule has 148 valence electrons. The van der Waals surface area contributed by atoms with Crippen LogP contribution in [0.5, 0.6) is 5.75 Å². The molecule has 0 amide bonds. The van der Waals surface area contributed by atoms with Crippen molar-refractivity contribution in [1.82, 2.24) is 9.55 Å². The molecule has 8 heteroatoms. The third kappa shape index (κ3) is 5.33. The smallest absolute Gasteiger partial charge is 0.262 e. The van der Waals surface area contributed by atoms with E-state index < -0.39 is 0 Å². The summed E-state index contributed by atoms with van der Waals surface area (Å²) >= 11 is 4.92. The molecule has 1 aromatic heterocycles. The summed E-state index contributed by atoms with van der Waals surface area (Å²) in [6, 6.07) is 11.5. The van der Waals surface area contributed by atoms with Gasteiger partial charge in [0.1, 0.15) is 11.6 Å². The van der Waals surface area contributed by atoms with E-state index in [1.54, 1.807) is 29.9 Å². The van der Waals surface area contributed by atoms with E-state index in [0.717, 1.165) is 16.6 Å². The van der Waals surface area contributed by atoms with Crippen molar-refractivity contribution in [1.29, 1.82) is 0 Å². The Hall–Kier alpha value is -1.90. The average Bonchev–Trinajstić information content (AvgIpc) is 2.69. The van der Waals surface area contributed by atoms with Gasteiger partial charge in [-0.2, -0.15) is 0 Å². The van der Waals surface area contributed by atoms with Crippen LogP contribution >= 0.6 is 27.7 Å². The van der Waals surface area contributed by atoms with E-state index in [1.807, 2.05) is 12.1 Å². The lowest BCUT2D eigenvalue weighted by Crippen LogP contribution is -2.25. The molecule has 1 heterocycles. The van der Waals surface area contributed by atoms with Gasteiger partial charge in [-0.3, -0.25) is 9.36 Å². The number of rotatable bonds is 9. The number of halogens is 2. The molecule has 3 aromatic rings. The fraction of sp³-hybridized carbons (Fsp3) is 0.300. The van der Waals surface area contributed by atoms with Gasteiger partial charge in [0.2, 0.25) is 0 Å². The zero-order valence-corrected chi connectivity index (χ0v) is 17.8. The lowest BCUT2D eigenvalue weighted by atomic mass is 10.2. The van der Waals surface area contributed by atoms with E-state index in [-0.39, 0.29) is 11.4 Å². The zero-order chi connectivity index (χ0) is 19.9. The van der Waals surface area contributed by atoms with Gasteiger partial charge in [-0.25, -0.2) is 9.37 Å². The number of fused-ring (bicyclic) bond motifs is 1. The molecule has 28 heavy (non-hydrogen) atoms. The maximum atomic E-state index is 12.9. The third-order valence-corrected chi connectivity index (χ3v) is 5.56. The molecule has 0 N–H and O–H groups in total. The highest BCUT2D eigenvalue weighted by atomic mass is 79.9. The fourth-order valence-corrected chi connectivity index (χ4v) is 3.90. The molecule has 0 aliphatic rings. The molecule has 2 aromatic carbocycles. The minimum absolute atomic E-state index is 0.0755. The topological polar surface area (TPSA) is 53.4 Å². The number of hydrogen-bond donors (Lipinski definition) is 0. The predicted molar refractivity (Wildman–Crippen MR) is 113 cm³/mol. The van der Waals surface area contributed by atoms with Crippen molar-refractivity contribution >= 4 is 38.6 Å². The molecular weight excluding hydrogens is 447 g/mol. The number of benzene rings is 2. The molecule has 0 aliphatic heterocycles. The summed E-state index contributed by atoms with van der Waals surface area (Å²) in [5.74, 6) is 1.09. The molecule has 0 radical (unpaired) electrons. The Balaban J connectivity index is 1.67. The molecular formula is C20H20BrFN2O3S. The van der Waals surface area contributed by atoms with Crippen molar-refractivity contribution in [2.75, 3.05) is 26.1 Å². The molecule has 3 rings (SSSR count). The van der Waals surface area contributed by atoms with Crippen LogP contribution in [0.2, 0.25) is 0 Å². The van der Waals surface area contributed by atoms with Gasteiger partial charge in [0.15, 0.2) is 5.16 Å². The van der Waals surface area contributed by atoms with Crippen LogP contribution in [-0.4, -0.2) is 35.6 Å². The first-order valence-electron chi connectivity index (χ1n) is 8.78. The van der Waals surface area contributed by atoms with Gasteiger partial charge in [-0.05, 0) is 48.9 Å². The summed E-state index contributed by atoms with van der Waals surface area (Å²) < 4.78 is 26.2. The highest BCUT2D eigenvalue weighted by Gasteiger charge is 2.12. The average molecular weight is 467 g/mol. The Morgan fingerprint density at radius 3 is 2.71 bits per heavy atom. The lowest BCUT2D eigenvalue weighted by Gasteiger charge is -2.13. The Morgan fingerprint density at radius 2 is 1.96 bits per heavy atom. The zero-order valence-electron chi connectivity index (χ0n) is 15.4. The maximum absolute atomic E-state index is 12.9. The molecule has 0 atom stereocenters. The fourth-order valence-electron chi connectivity index (χ4n) is 2.61. The maximum Gasteiger partial charge on any atom is 0.262 e. The van der Waals surface area contributed by atoms with Gasteiger partial charge in [0, 0.05) is 17.3 Å². The van der Waals surface area contributed by atoms with Crippen molar-refractivity contribution in [2.45, 2.75) is 18.1 Å². The van der Waals surface area contributed by atoms with E-state index in [1.165, 1.54) is 23.9 Å². The summed E-state index contributed by atoms with van der Waals surface area (Å²) in [6.45, 7) is 1.38. The Labute approximate surface area is 175 Å². The van der Waals surface area contributed by atoms with Crippen molar-refractivity contribution in [2.24, 2.45) is 0 Å². The van der Waals surface area contributed by atoms with E-state index >= 15 is 0 Å². The molecule has 5 nitrogen and oxygen atoms in total. The van der Waals surface area contributed by atoms with Crippen LogP contribution in [0.15, 0.2) is 56.9 Å². The van der Waals surface area contributed by atoms with Crippen molar-refractivity contribution in [3.63, 3.8) is 0 Å². The Morgan fingerprint density at radius 1 is 1.18 bits per heavy atom. The largest absolute Gasteiger partial charge is 0.494 e. The van der Waals surface area contributed by atoms with Crippen LogP contribution in [0.25, 0.3) is 10.9 Å². The predicted octanol–water partition coefficient (Wildman–Crippen LogP) is 4.51. The van der Waals surface area contributed by atoms with Crippen molar-refractivity contribution in [3.8, 4) is 5.75 Å². The summed E-state index contributed by atoms with van der Waals surface area (Å²) in [5.41, 5.74) is 0.598. The Kier molecular flexibility index (Phi) is 7.47. The molecule has 0 fully saturated rings. The molecule has 0 spiro atoms. The van der Waals surface area contributed by atoms with Gasteiger partial charge in [-0.1, -0.05) is 27.7 Å². The number of methoxy groups -OCH3 is 1. The first-order valence-corrected chi connectivity index (χ1v) is 10.6. The van der Waals surface area contributed by atoms with Crippen molar-refractivity contribution < 1.29 is 13.9 Å². The van der Waals surface area contributed by atoms with E-state index in [4.69, 9.17) is 9.47 Å². The summed E-state index contributed by atoms with van der Waals surface area (Å²) in [7, 11) is 1.61. The normalized spacial score (nSPS) is 11.1. The molecule has 0 unspecified atom stereocenters. The SMILES string of the molecule is COCCn1c(SCCCOc2ccc(F)cc2)nc2ccc(Br)cc2c1=O. The van der Waals surface area contributed by atoms with Crippen LogP contribution in [0.1, 0.15) is 6.42 Å². The van der Waals surface area contributed by atoms with E-state index in [2.05, 4.69) is 20.9 Å². The first-order chi connectivity index (χ1) is 13.6. The summed E-state index contributed by atoms with van der Waals surface area (Å²) in [6.07, 6.45) is 0.764. The van der Waals surface area contributed by atoms with Gasteiger partial charge in [0.05, 0.1) is 30.7 Å². The number of thioether (sulfide) groups is 1. The van der Waals surface area contributed by atoms with Crippen LogP contribution in [0.4, 0.5) is 4.39 Å². The molecule has 0 saturated carbocycles. The van der Waals surface area contributed by atoms with Gasteiger partial charge in [0.25, 0.3) is 5.56 Å². The number of aromatic nitrogens is 2. The minimum atomic E-state index is -0.286. The second kappa shape index (κ2) is 10.0. The highest BCUT2D eigenvalue weighted by molar-refractivity contribution is 9.10. The van der Waals surface area contributed by atoms with Gasteiger partial charge < -0.3 is 9.47 Å². The number of ether oxygens (including phenoxy) is 2. The Bertz CT molecular complexity index is 995. The second-order valence-corrected chi connectivity index (χ2v) is 7.99. The summed E-state index contributed by atoms with van der Waals surface area (Å²) in [4.78, 5) is 17.5. The second-order valence-electron chi connectivity index (χ2n) is 6.01. The van der Waals surface area contributed by atoms with Gasteiger partial charge >= 0.3 is 0 Å². The molecule has 0 bridgehead atoms. The van der Waals surface area contributed by atoms with E-state index in [0.29, 0.717) is 41.6 Å². The highest BCUT2D eigenvalue weighted by Crippen LogP contribution is 2.21. The number of nitrogens with zero attached hydrogens (tertiary/aromatic N) is 2. The summed E-state index contributed by atoms with van der Waals surface area (Å²) in [5, 5.41) is 1.24. The molecule has 0 aliphatic carbocycles. The van der Waals surface area contributed by atoms with E-state index in [9.17, 15) is 9.18 Å². The number of hydrogen-bond acceptors (Lipinski definition) is 5. The first kappa shape index (κ1) is 20.8. The monoisotopic (exact) mass is 466 g/mol. The van der Waals surface area contributed by atoms with Gasteiger partial charge in [-0.15, -0.1) is 0 Å². The third-order valence-electron chi connectivity index (χ3n) is 4.00.